The van der Waals surface area contributed by atoms with Crippen LogP contribution in [0.3, 0.4) is 0 Å². The van der Waals surface area contributed by atoms with Gasteiger partial charge in [0.05, 0.1) is 18.4 Å². The van der Waals surface area contributed by atoms with Crippen LogP contribution in [0.2, 0.25) is 0 Å². The minimum Gasteiger partial charge on any atom is -0.494 e. The molecule has 6 heteroatoms. The summed E-state index contributed by atoms with van der Waals surface area (Å²) in [5.41, 5.74) is 0.596. The molecule has 132 valence electrons. The first kappa shape index (κ1) is 17.2. The number of likely N-dealkylation sites (tertiary alicyclic amines) is 1. The van der Waals surface area contributed by atoms with Gasteiger partial charge in [-0.3, -0.25) is 19.3 Å². The number of allylic oxidation sites excluding steroid dienone is 2. The first-order chi connectivity index (χ1) is 12.0. The molecule has 1 N–H and O–H groups in total. The van der Waals surface area contributed by atoms with E-state index in [4.69, 9.17) is 4.74 Å². The summed E-state index contributed by atoms with van der Waals surface area (Å²) >= 11 is 0. The van der Waals surface area contributed by atoms with E-state index in [9.17, 15) is 14.4 Å². The number of nitrogens with zero attached hydrogens (tertiary/aromatic N) is 1. The van der Waals surface area contributed by atoms with E-state index in [1.54, 1.807) is 31.2 Å². The molecule has 1 heterocycles. The molecular formula is C19H22N2O4. The highest BCUT2D eigenvalue weighted by atomic mass is 16.5. The Kier molecular flexibility index (Phi) is 4.88. The van der Waals surface area contributed by atoms with Crippen molar-refractivity contribution in [3.8, 4) is 5.75 Å². The first-order valence-electron chi connectivity index (χ1n) is 8.58. The molecule has 1 aliphatic carbocycles. The monoisotopic (exact) mass is 342 g/mol. The molecule has 0 unspecified atom stereocenters. The highest BCUT2D eigenvalue weighted by Gasteiger charge is 2.50. The van der Waals surface area contributed by atoms with E-state index in [1.807, 2.05) is 19.1 Å². The Bertz CT molecular complexity index is 685. The van der Waals surface area contributed by atoms with Crippen molar-refractivity contribution in [2.45, 2.75) is 32.7 Å². The number of carbonyl (C=O) groups is 3. The Labute approximate surface area is 146 Å². The summed E-state index contributed by atoms with van der Waals surface area (Å²) in [6.45, 7) is 4.05. The van der Waals surface area contributed by atoms with Crippen LogP contribution in [0.5, 0.6) is 5.75 Å². The largest absolute Gasteiger partial charge is 0.494 e. The van der Waals surface area contributed by atoms with E-state index >= 15 is 0 Å². The standard InChI is InChI=1S/C19H22N2O4/c1-3-25-14-10-8-13(9-11-14)20-17(22)12(2)21-18(23)15-6-4-5-7-16(15)19(21)24/h4-5,8-12,15-16H,3,6-7H2,1-2H3,(H,20,22)/t12-,15+,16+/m0/s1. The Morgan fingerprint density at radius 3 is 2.24 bits per heavy atom. The molecule has 1 fully saturated rings. The highest BCUT2D eigenvalue weighted by molar-refractivity contribution is 6.10. The third kappa shape index (κ3) is 3.29. The molecule has 0 spiro atoms. The maximum Gasteiger partial charge on any atom is 0.247 e. The van der Waals surface area contributed by atoms with Gasteiger partial charge in [-0.05, 0) is 51.0 Å². The number of hydrogen-bond acceptors (Lipinski definition) is 4. The fourth-order valence-corrected chi connectivity index (χ4v) is 3.37. The Morgan fingerprint density at radius 1 is 1.16 bits per heavy atom. The minimum absolute atomic E-state index is 0.242. The number of ether oxygens (including phenoxy) is 1. The SMILES string of the molecule is CCOc1ccc(NC(=O)[C@H](C)N2C(=O)[C@@H]3CC=CC[C@H]3C2=O)cc1. The van der Waals surface area contributed by atoms with Crippen LogP contribution in [0.15, 0.2) is 36.4 Å². The number of anilines is 1. The van der Waals surface area contributed by atoms with Gasteiger partial charge in [-0.1, -0.05) is 12.2 Å². The van der Waals surface area contributed by atoms with E-state index in [0.717, 1.165) is 10.6 Å². The van der Waals surface area contributed by atoms with Crippen LogP contribution >= 0.6 is 0 Å². The van der Waals surface area contributed by atoms with E-state index in [-0.39, 0.29) is 29.6 Å². The average molecular weight is 342 g/mol. The van der Waals surface area contributed by atoms with Crippen molar-refractivity contribution in [3.05, 3.63) is 36.4 Å². The molecule has 2 aliphatic rings. The lowest BCUT2D eigenvalue weighted by Crippen LogP contribution is -2.46. The molecule has 3 amide bonds. The molecule has 25 heavy (non-hydrogen) atoms. The normalized spacial score (nSPS) is 23.4. The van der Waals surface area contributed by atoms with Crippen molar-refractivity contribution < 1.29 is 19.1 Å². The molecule has 1 aliphatic heterocycles. The number of carbonyl (C=O) groups excluding carboxylic acids is 3. The molecule has 0 saturated carbocycles. The lowest BCUT2D eigenvalue weighted by Gasteiger charge is -2.22. The molecule has 1 aromatic carbocycles. The zero-order chi connectivity index (χ0) is 18.0. The van der Waals surface area contributed by atoms with Crippen LogP contribution in [-0.2, 0) is 14.4 Å². The predicted octanol–water partition coefficient (Wildman–Crippen LogP) is 2.36. The van der Waals surface area contributed by atoms with Gasteiger partial charge in [0.15, 0.2) is 0 Å². The molecule has 0 radical (unpaired) electrons. The van der Waals surface area contributed by atoms with Gasteiger partial charge in [-0.2, -0.15) is 0 Å². The predicted molar refractivity (Wildman–Crippen MR) is 92.9 cm³/mol. The second-order valence-corrected chi connectivity index (χ2v) is 6.32. The van der Waals surface area contributed by atoms with Gasteiger partial charge < -0.3 is 10.1 Å². The lowest BCUT2D eigenvalue weighted by molar-refractivity contribution is -0.146. The minimum atomic E-state index is -0.836. The number of imide groups is 1. The van der Waals surface area contributed by atoms with Gasteiger partial charge in [-0.15, -0.1) is 0 Å². The molecule has 1 aromatic rings. The molecule has 6 nitrogen and oxygen atoms in total. The molecule has 3 atom stereocenters. The van der Waals surface area contributed by atoms with Crippen LogP contribution < -0.4 is 10.1 Å². The van der Waals surface area contributed by atoms with Crippen molar-refractivity contribution in [2.75, 3.05) is 11.9 Å². The maximum absolute atomic E-state index is 12.5. The van der Waals surface area contributed by atoms with Gasteiger partial charge in [-0.25, -0.2) is 0 Å². The Balaban J connectivity index is 1.68. The highest BCUT2D eigenvalue weighted by Crippen LogP contribution is 2.36. The molecule has 0 aromatic heterocycles. The Hall–Kier alpha value is -2.63. The van der Waals surface area contributed by atoms with Gasteiger partial charge in [0.25, 0.3) is 0 Å². The number of rotatable bonds is 5. The number of benzene rings is 1. The number of amides is 3. The summed E-state index contributed by atoms with van der Waals surface area (Å²) in [6.07, 6.45) is 5.00. The van der Waals surface area contributed by atoms with Gasteiger partial charge in [0.2, 0.25) is 17.7 Å². The van der Waals surface area contributed by atoms with E-state index in [0.29, 0.717) is 25.1 Å². The van der Waals surface area contributed by atoms with Crippen molar-refractivity contribution in [1.29, 1.82) is 0 Å². The molecule has 1 saturated heterocycles. The smallest absolute Gasteiger partial charge is 0.247 e. The second kappa shape index (κ2) is 7.09. The summed E-state index contributed by atoms with van der Waals surface area (Å²) in [7, 11) is 0. The van der Waals surface area contributed by atoms with Gasteiger partial charge in [0, 0.05) is 5.69 Å². The van der Waals surface area contributed by atoms with Gasteiger partial charge in [0.1, 0.15) is 11.8 Å². The maximum atomic E-state index is 12.5. The first-order valence-corrected chi connectivity index (χ1v) is 8.58. The summed E-state index contributed by atoms with van der Waals surface area (Å²) < 4.78 is 5.36. The van der Waals surface area contributed by atoms with Crippen molar-refractivity contribution in [3.63, 3.8) is 0 Å². The number of hydrogen-bond donors (Lipinski definition) is 1. The van der Waals surface area contributed by atoms with Crippen LogP contribution in [0.1, 0.15) is 26.7 Å². The summed E-state index contributed by atoms with van der Waals surface area (Å²) in [4.78, 5) is 38.7. The van der Waals surface area contributed by atoms with Crippen LogP contribution in [0.4, 0.5) is 5.69 Å². The van der Waals surface area contributed by atoms with Gasteiger partial charge >= 0.3 is 0 Å². The third-order valence-corrected chi connectivity index (χ3v) is 4.74. The quantitative estimate of drug-likeness (QED) is 0.658. The van der Waals surface area contributed by atoms with E-state index in [2.05, 4.69) is 5.32 Å². The number of fused-ring (bicyclic) bond motifs is 1. The topological polar surface area (TPSA) is 75.7 Å². The summed E-state index contributed by atoms with van der Waals surface area (Å²) in [5.74, 6) is -0.786. The van der Waals surface area contributed by atoms with E-state index in [1.165, 1.54) is 0 Å². The van der Waals surface area contributed by atoms with Crippen LogP contribution in [0.25, 0.3) is 0 Å². The van der Waals surface area contributed by atoms with Crippen LogP contribution in [-0.4, -0.2) is 35.3 Å². The zero-order valence-electron chi connectivity index (χ0n) is 14.4. The zero-order valence-corrected chi connectivity index (χ0v) is 14.4. The molecular weight excluding hydrogens is 320 g/mol. The lowest BCUT2D eigenvalue weighted by atomic mass is 9.85. The molecule has 3 rings (SSSR count). The Morgan fingerprint density at radius 2 is 1.72 bits per heavy atom. The van der Waals surface area contributed by atoms with Crippen molar-refractivity contribution >= 4 is 23.4 Å². The van der Waals surface area contributed by atoms with Crippen molar-refractivity contribution in [1.82, 2.24) is 4.90 Å². The third-order valence-electron chi connectivity index (χ3n) is 4.74. The molecule has 0 bridgehead atoms. The average Bonchev–Trinajstić information content (AvgIpc) is 2.87. The second-order valence-electron chi connectivity index (χ2n) is 6.32. The van der Waals surface area contributed by atoms with Crippen LogP contribution in [0, 0.1) is 11.8 Å². The summed E-state index contributed by atoms with van der Waals surface area (Å²) in [5, 5.41) is 2.75. The fourth-order valence-electron chi connectivity index (χ4n) is 3.37. The van der Waals surface area contributed by atoms with E-state index < -0.39 is 6.04 Å². The summed E-state index contributed by atoms with van der Waals surface area (Å²) in [6, 6.07) is 6.14. The van der Waals surface area contributed by atoms with Crippen molar-refractivity contribution in [2.24, 2.45) is 11.8 Å². The number of nitrogens with one attached hydrogen (secondary N) is 1. The fraction of sp³-hybridized carbons (Fsp3) is 0.421.